The Hall–Kier alpha value is -2.08. The highest BCUT2D eigenvalue weighted by molar-refractivity contribution is 6.76. The number of benzene rings is 2. The van der Waals surface area contributed by atoms with E-state index in [1.807, 2.05) is 24.3 Å². The van der Waals surface area contributed by atoms with E-state index in [2.05, 4.69) is 88.6 Å². The molecule has 1 unspecified atom stereocenters. The van der Waals surface area contributed by atoms with E-state index in [0.717, 1.165) is 24.4 Å². The zero-order valence-electron chi connectivity index (χ0n) is 17.8. The molecule has 0 bridgehead atoms. The first-order valence-corrected chi connectivity index (χ1v) is 12.6. The molecule has 0 spiro atoms. The fourth-order valence-corrected chi connectivity index (χ4v) is 7.81. The fourth-order valence-electron chi connectivity index (χ4n) is 3.74. The molecule has 0 fully saturated rings. The van der Waals surface area contributed by atoms with Crippen molar-refractivity contribution >= 4 is 8.32 Å². The molecule has 1 nitrogen and oxygen atoms in total. The summed E-state index contributed by atoms with van der Waals surface area (Å²) < 4.78 is 6.94. The minimum Gasteiger partial charge on any atom is -0.402 e. The third-order valence-corrected chi connectivity index (χ3v) is 11.0. The van der Waals surface area contributed by atoms with Gasteiger partial charge in [-0.3, -0.25) is 0 Å². The van der Waals surface area contributed by atoms with E-state index >= 15 is 0 Å². The first-order valence-electron chi connectivity index (χ1n) is 10.4. The second-order valence-electron chi connectivity index (χ2n) is 8.02. The molecular weight excluding hydrogens is 356 g/mol. The van der Waals surface area contributed by atoms with Gasteiger partial charge < -0.3 is 4.43 Å². The summed E-state index contributed by atoms with van der Waals surface area (Å²) in [5.41, 5.74) is 3.41. The number of aryl methyl sites for hydroxylation is 1. The van der Waals surface area contributed by atoms with Gasteiger partial charge >= 0.3 is 0 Å². The highest BCUT2D eigenvalue weighted by Gasteiger charge is 2.42. The third kappa shape index (κ3) is 6.23. The van der Waals surface area contributed by atoms with Gasteiger partial charge in [-0.25, -0.2) is 0 Å². The van der Waals surface area contributed by atoms with Crippen molar-refractivity contribution in [2.24, 2.45) is 0 Å². The van der Waals surface area contributed by atoms with E-state index in [1.54, 1.807) is 0 Å². The van der Waals surface area contributed by atoms with Gasteiger partial charge in [-0.15, -0.1) is 6.58 Å². The molecule has 0 saturated heterocycles. The lowest BCUT2D eigenvalue weighted by Gasteiger charge is -2.40. The van der Waals surface area contributed by atoms with Gasteiger partial charge in [0, 0.05) is 5.56 Å². The van der Waals surface area contributed by atoms with Crippen LogP contribution in [0.2, 0.25) is 17.1 Å². The van der Waals surface area contributed by atoms with Crippen LogP contribution in [0.25, 0.3) is 0 Å². The average Bonchev–Trinajstić information content (AvgIpc) is 2.70. The van der Waals surface area contributed by atoms with Crippen LogP contribution in [0.1, 0.15) is 45.2 Å². The summed E-state index contributed by atoms with van der Waals surface area (Å²) >= 11 is 0. The standard InChI is InChI=1S/C26H34OSi/c1-6-21-28(22(2)3,23(4)5)27-26(19-17-24-13-9-7-10-14-24)20-18-25-15-11-8-12-16-25/h6-16,22-23,26H,1,17,19,21H2,2-5H3. The second kappa shape index (κ2) is 11.0. The maximum absolute atomic E-state index is 6.94. The molecule has 2 aromatic carbocycles. The molecule has 0 amide bonds. The maximum atomic E-state index is 6.94. The Morgan fingerprint density at radius 1 is 0.929 bits per heavy atom. The van der Waals surface area contributed by atoms with Gasteiger partial charge in [0.1, 0.15) is 6.10 Å². The lowest BCUT2D eigenvalue weighted by Crippen LogP contribution is -2.47. The minimum absolute atomic E-state index is 0.0585. The van der Waals surface area contributed by atoms with Gasteiger partial charge in [0.15, 0.2) is 0 Å². The molecule has 2 rings (SSSR count). The van der Waals surface area contributed by atoms with Crippen LogP contribution in [0.3, 0.4) is 0 Å². The lowest BCUT2D eigenvalue weighted by atomic mass is 10.1. The van der Waals surface area contributed by atoms with Crippen LogP contribution in [0.15, 0.2) is 73.3 Å². The molecular formula is C26H34OSi. The normalized spacial score (nSPS) is 12.5. The molecule has 0 aliphatic heterocycles. The summed E-state index contributed by atoms with van der Waals surface area (Å²) in [6.45, 7) is 13.2. The zero-order chi connectivity index (χ0) is 20.4. The predicted octanol–water partition coefficient (Wildman–Crippen LogP) is 7.01. The highest BCUT2D eigenvalue weighted by atomic mass is 28.4. The van der Waals surface area contributed by atoms with Gasteiger partial charge in [-0.2, -0.15) is 0 Å². The smallest absolute Gasteiger partial charge is 0.203 e. The topological polar surface area (TPSA) is 9.23 Å². The molecule has 2 aromatic rings. The first kappa shape index (κ1) is 22.2. The number of hydrogen-bond donors (Lipinski definition) is 0. The van der Waals surface area contributed by atoms with Crippen LogP contribution < -0.4 is 0 Å². The molecule has 1 atom stereocenters. The van der Waals surface area contributed by atoms with Crippen molar-refractivity contribution in [2.45, 2.75) is 63.8 Å². The van der Waals surface area contributed by atoms with Crippen molar-refractivity contribution in [3.63, 3.8) is 0 Å². The largest absolute Gasteiger partial charge is 0.402 e. The molecule has 0 aromatic heterocycles. The number of rotatable bonds is 9. The Balaban J connectivity index is 2.27. The van der Waals surface area contributed by atoms with E-state index in [0.29, 0.717) is 11.1 Å². The SMILES string of the molecule is C=CC[Si](OC(C#Cc1ccccc1)CCc1ccccc1)(C(C)C)C(C)C. The van der Waals surface area contributed by atoms with Gasteiger partial charge in [0.25, 0.3) is 0 Å². The molecule has 0 aliphatic rings. The predicted molar refractivity (Wildman–Crippen MR) is 124 cm³/mol. The molecule has 28 heavy (non-hydrogen) atoms. The summed E-state index contributed by atoms with van der Waals surface area (Å²) in [5.74, 6) is 6.80. The summed E-state index contributed by atoms with van der Waals surface area (Å²) in [6.07, 6.45) is 3.88. The van der Waals surface area contributed by atoms with Crippen molar-refractivity contribution in [1.82, 2.24) is 0 Å². The van der Waals surface area contributed by atoms with Crippen molar-refractivity contribution < 1.29 is 4.43 Å². The van der Waals surface area contributed by atoms with E-state index in [1.165, 1.54) is 5.56 Å². The van der Waals surface area contributed by atoms with Crippen LogP contribution >= 0.6 is 0 Å². The van der Waals surface area contributed by atoms with E-state index in [4.69, 9.17) is 4.43 Å². The lowest BCUT2D eigenvalue weighted by molar-refractivity contribution is 0.222. The molecule has 2 heteroatoms. The molecule has 0 heterocycles. The Kier molecular flexibility index (Phi) is 8.76. The van der Waals surface area contributed by atoms with Crippen molar-refractivity contribution in [3.05, 3.63) is 84.4 Å². The molecule has 148 valence electrons. The van der Waals surface area contributed by atoms with Crippen molar-refractivity contribution in [1.29, 1.82) is 0 Å². The Labute approximate surface area is 173 Å². The molecule has 0 aliphatic carbocycles. The second-order valence-corrected chi connectivity index (χ2v) is 12.9. The maximum Gasteiger partial charge on any atom is 0.203 e. The van der Waals surface area contributed by atoms with Crippen LogP contribution in [-0.2, 0) is 10.8 Å². The van der Waals surface area contributed by atoms with Crippen molar-refractivity contribution in [2.75, 3.05) is 0 Å². The Morgan fingerprint density at radius 3 is 2.04 bits per heavy atom. The number of hydrogen-bond acceptors (Lipinski definition) is 1. The van der Waals surface area contributed by atoms with Crippen LogP contribution in [-0.4, -0.2) is 14.4 Å². The molecule has 0 N–H and O–H groups in total. The van der Waals surface area contributed by atoms with Gasteiger partial charge in [0.2, 0.25) is 8.32 Å². The zero-order valence-corrected chi connectivity index (χ0v) is 18.8. The van der Waals surface area contributed by atoms with E-state index < -0.39 is 8.32 Å². The van der Waals surface area contributed by atoms with E-state index in [9.17, 15) is 0 Å². The summed E-state index contributed by atoms with van der Waals surface area (Å²) in [4.78, 5) is 0. The fraction of sp³-hybridized carbons (Fsp3) is 0.385. The van der Waals surface area contributed by atoms with Crippen molar-refractivity contribution in [3.8, 4) is 11.8 Å². The van der Waals surface area contributed by atoms with Crippen LogP contribution in [0, 0.1) is 11.8 Å². The first-order chi connectivity index (χ1) is 13.5. The summed E-state index contributed by atoms with van der Waals surface area (Å²) in [7, 11) is -2.01. The quantitative estimate of drug-likeness (QED) is 0.254. The number of allylic oxidation sites excluding steroid dienone is 1. The summed E-state index contributed by atoms with van der Waals surface area (Å²) in [5, 5.41) is 0. The molecule has 0 radical (unpaired) electrons. The molecule has 0 saturated carbocycles. The van der Waals surface area contributed by atoms with E-state index in [-0.39, 0.29) is 6.10 Å². The average molecular weight is 391 g/mol. The van der Waals surface area contributed by atoms with Crippen LogP contribution in [0.5, 0.6) is 0 Å². The van der Waals surface area contributed by atoms with Crippen LogP contribution in [0.4, 0.5) is 0 Å². The highest BCUT2D eigenvalue weighted by Crippen LogP contribution is 2.38. The van der Waals surface area contributed by atoms with Gasteiger partial charge in [-0.05, 0) is 47.7 Å². The van der Waals surface area contributed by atoms with Gasteiger partial charge in [-0.1, -0.05) is 94.1 Å². The Bertz CT molecular complexity index is 760. The Morgan fingerprint density at radius 2 is 1.50 bits per heavy atom. The van der Waals surface area contributed by atoms with Gasteiger partial charge in [0.05, 0.1) is 0 Å². The minimum atomic E-state index is -2.01. The summed E-state index contributed by atoms with van der Waals surface area (Å²) in [6, 6.07) is 21.8. The monoisotopic (exact) mass is 390 g/mol. The third-order valence-electron chi connectivity index (χ3n) is 5.47.